The first-order valence-corrected chi connectivity index (χ1v) is 6.54. The Morgan fingerprint density at radius 3 is 2.57 bits per heavy atom. The molecule has 3 aromatic rings. The van der Waals surface area contributed by atoms with Crippen molar-refractivity contribution >= 4 is 16.9 Å². The van der Waals surface area contributed by atoms with E-state index in [1.54, 1.807) is 24.3 Å². The molecule has 0 saturated heterocycles. The van der Waals surface area contributed by atoms with E-state index in [1.165, 1.54) is 13.2 Å². The van der Waals surface area contributed by atoms with Gasteiger partial charge in [0.1, 0.15) is 17.0 Å². The first-order chi connectivity index (χ1) is 10.9. The SMILES string of the molecule is COC(=O)c1ccc2oc(-c3ccc(C(F)(F)F)nc3)cc2c1. The van der Waals surface area contributed by atoms with Gasteiger partial charge in [0.25, 0.3) is 0 Å². The largest absolute Gasteiger partial charge is 0.465 e. The van der Waals surface area contributed by atoms with Crippen molar-refractivity contribution in [2.24, 2.45) is 0 Å². The summed E-state index contributed by atoms with van der Waals surface area (Å²) in [6.07, 6.45) is -3.39. The molecule has 3 rings (SSSR count). The molecule has 0 fully saturated rings. The minimum absolute atomic E-state index is 0.359. The van der Waals surface area contributed by atoms with Crippen LogP contribution in [0.3, 0.4) is 0 Å². The van der Waals surface area contributed by atoms with Crippen molar-refractivity contribution in [1.82, 2.24) is 4.98 Å². The Bertz CT molecular complexity index is 866. The maximum atomic E-state index is 12.5. The quantitative estimate of drug-likeness (QED) is 0.660. The van der Waals surface area contributed by atoms with E-state index in [9.17, 15) is 18.0 Å². The summed E-state index contributed by atoms with van der Waals surface area (Å²) in [6, 6.07) is 8.55. The van der Waals surface area contributed by atoms with Crippen LogP contribution in [0.1, 0.15) is 16.1 Å². The zero-order valence-corrected chi connectivity index (χ0v) is 11.8. The summed E-state index contributed by atoms with van der Waals surface area (Å²) in [6.45, 7) is 0. The minimum Gasteiger partial charge on any atom is -0.465 e. The number of rotatable bonds is 2. The van der Waals surface area contributed by atoms with E-state index < -0.39 is 17.8 Å². The summed E-state index contributed by atoms with van der Waals surface area (Å²) in [4.78, 5) is 14.9. The Labute approximate surface area is 128 Å². The van der Waals surface area contributed by atoms with Crippen LogP contribution in [0.4, 0.5) is 13.2 Å². The first-order valence-electron chi connectivity index (χ1n) is 6.54. The number of hydrogen-bond donors (Lipinski definition) is 0. The van der Waals surface area contributed by atoms with E-state index in [-0.39, 0.29) is 0 Å². The number of benzene rings is 1. The molecule has 1 aromatic carbocycles. The smallest absolute Gasteiger partial charge is 0.433 e. The fourth-order valence-corrected chi connectivity index (χ4v) is 2.14. The van der Waals surface area contributed by atoms with Crippen molar-refractivity contribution in [2.75, 3.05) is 7.11 Å². The van der Waals surface area contributed by atoms with Crippen LogP contribution in [0, 0.1) is 0 Å². The predicted molar refractivity (Wildman–Crippen MR) is 75.8 cm³/mol. The van der Waals surface area contributed by atoms with Gasteiger partial charge in [-0.3, -0.25) is 4.98 Å². The second kappa shape index (κ2) is 5.42. The number of alkyl halides is 3. The third-order valence-electron chi connectivity index (χ3n) is 3.28. The van der Waals surface area contributed by atoms with Crippen LogP contribution in [0.25, 0.3) is 22.3 Å². The number of furan rings is 1. The van der Waals surface area contributed by atoms with E-state index in [0.717, 1.165) is 12.3 Å². The Kier molecular flexibility index (Phi) is 3.55. The van der Waals surface area contributed by atoms with Crippen molar-refractivity contribution in [1.29, 1.82) is 0 Å². The van der Waals surface area contributed by atoms with Gasteiger partial charge in [-0.25, -0.2) is 4.79 Å². The zero-order valence-electron chi connectivity index (χ0n) is 11.8. The van der Waals surface area contributed by atoms with Crippen LogP contribution >= 0.6 is 0 Å². The van der Waals surface area contributed by atoms with Gasteiger partial charge >= 0.3 is 12.1 Å². The maximum absolute atomic E-state index is 12.5. The third kappa shape index (κ3) is 2.90. The Hall–Kier alpha value is -2.83. The maximum Gasteiger partial charge on any atom is 0.433 e. The predicted octanol–water partition coefficient (Wildman–Crippen LogP) is 4.30. The number of fused-ring (bicyclic) bond motifs is 1. The molecule has 7 heteroatoms. The number of hydrogen-bond acceptors (Lipinski definition) is 4. The molecule has 0 spiro atoms. The number of nitrogens with zero attached hydrogens (tertiary/aromatic N) is 1. The van der Waals surface area contributed by atoms with Gasteiger partial charge in [0.05, 0.1) is 12.7 Å². The molecule has 0 unspecified atom stereocenters. The molecule has 23 heavy (non-hydrogen) atoms. The Morgan fingerprint density at radius 2 is 1.96 bits per heavy atom. The number of pyridine rings is 1. The van der Waals surface area contributed by atoms with Crippen molar-refractivity contribution in [3.63, 3.8) is 0 Å². The molecule has 0 aliphatic carbocycles. The van der Waals surface area contributed by atoms with Crippen LogP contribution < -0.4 is 0 Å². The lowest BCUT2D eigenvalue weighted by atomic mass is 10.1. The highest BCUT2D eigenvalue weighted by Gasteiger charge is 2.32. The number of aromatic nitrogens is 1. The van der Waals surface area contributed by atoms with Crippen molar-refractivity contribution in [3.05, 3.63) is 53.9 Å². The van der Waals surface area contributed by atoms with Gasteiger partial charge in [-0.05, 0) is 36.4 Å². The summed E-state index contributed by atoms with van der Waals surface area (Å²) in [5.41, 5.74) is 0.310. The van der Waals surface area contributed by atoms with Crippen LogP contribution in [0.15, 0.2) is 47.0 Å². The molecule has 4 nitrogen and oxygen atoms in total. The van der Waals surface area contributed by atoms with Gasteiger partial charge in [0.2, 0.25) is 0 Å². The van der Waals surface area contributed by atoms with Crippen LogP contribution in [-0.2, 0) is 10.9 Å². The summed E-state index contributed by atoms with van der Waals surface area (Å²) < 4.78 is 47.8. The Balaban J connectivity index is 1.98. The molecule has 0 amide bonds. The lowest BCUT2D eigenvalue weighted by Crippen LogP contribution is -2.07. The first kappa shape index (κ1) is 15.1. The monoisotopic (exact) mass is 321 g/mol. The van der Waals surface area contributed by atoms with E-state index in [1.807, 2.05) is 0 Å². The van der Waals surface area contributed by atoms with Gasteiger partial charge in [-0.2, -0.15) is 13.2 Å². The summed E-state index contributed by atoms with van der Waals surface area (Å²) in [5.74, 6) is -0.117. The highest BCUT2D eigenvalue weighted by atomic mass is 19.4. The summed E-state index contributed by atoms with van der Waals surface area (Å²) in [5, 5.41) is 0.641. The van der Waals surface area contributed by atoms with Crippen molar-refractivity contribution in [3.8, 4) is 11.3 Å². The number of halogens is 3. The number of methoxy groups -OCH3 is 1. The van der Waals surface area contributed by atoms with Gasteiger partial charge in [-0.1, -0.05) is 0 Å². The number of esters is 1. The van der Waals surface area contributed by atoms with E-state index in [0.29, 0.717) is 27.9 Å². The standard InChI is InChI=1S/C16H10F3NO3/c1-22-15(21)9-2-4-12-11(6-9)7-13(23-12)10-3-5-14(20-8-10)16(17,18)19/h2-8H,1H3. The zero-order chi connectivity index (χ0) is 16.6. The molecular formula is C16H10F3NO3. The second-order valence-corrected chi connectivity index (χ2v) is 4.78. The van der Waals surface area contributed by atoms with Gasteiger partial charge < -0.3 is 9.15 Å². The van der Waals surface area contributed by atoms with Crippen LogP contribution in [0.2, 0.25) is 0 Å². The van der Waals surface area contributed by atoms with Crippen molar-refractivity contribution in [2.45, 2.75) is 6.18 Å². The fraction of sp³-hybridized carbons (Fsp3) is 0.125. The molecule has 0 aliphatic rings. The van der Waals surface area contributed by atoms with Gasteiger partial charge in [0, 0.05) is 17.1 Å². The van der Waals surface area contributed by atoms with Crippen LogP contribution in [-0.4, -0.2) is 18.1 Å². The van der Waals surface area contributed by atoms with E-state index >= 15 is 0 Å². The van der Waals surface area contributed by atoms with Gasteiger partial charge in [0.15, 0.2) is 0 Å². The third-order valence-corrected chi connectivity index (χ3v) is 3.28. The molecule has 0 N–H and O–H groups in total. The number of carbonyl (C=O) groups excluding carboxylic acids is 1. The fourth-order valence-electron chi connectivity index (χ4n) is 2.14. The lowest BCUT2D eigenvalue weighted by molar-refractivity contribution is -0.141. The average molecular weight is 321 g/mol. The summed E-state index contributed by atoms with van der Waals surface area (Å²) >= 11 is 0. The Morgan fingerprint density at radius 1 is 1.17 bits per heavy atom. The highest BCUT2D eigenvalue weighted by Crippen LogP contribution is 2.31. The highest BCUT2D eigenvalue weighted by molar-refractivity contribution is 5.95. The van der Waals surface area contributed by atoms with Crippen LogP contribution in [0.5, 0.6) is 0 Å². The summed E-state index contributed by atoms with van der Waals surface area (Å²) in [7, 11) is 1.28. The molecule has 118 valence electrons. The average Bonchev–Trinajstić information content (AvgIpc) is 2.96. The topological polar surface area (TPSA) is 52.3 Å². The molecule has 0 atom stereocenters. The molecule has 2 heterocycles. The van der Waals surface area contributed by atoms with E-state index in [4.69, 9.17) is 4.42 Å². The molecule has 0 aliphatic heterocycles. The molecule has 0 bridgehead atoms. The van der Waals surface area contributed by atoms with E-state index in [2.05, 4.69) is 9.72 Å². The molecule has 2 aromatic heterocycles. The second-order valence-electron chi connectivity index (χ2n) is 4.78. The lowest BCUT2D eigenvalue weighted by Gasteiger charge is -2.05. The number of ether oxygens (including phenoxy) is 1. The molecule has 0 saturated carbocycles. The van der Waals surface area contributed by atoms with Gasteiger partial charge in [-0.15, -0.1) is 0 Å². The normalized spacial score (nSPS) is 11.7. The molecule has 0 radical (unpaired) electrons. The minimum atomic E-state index is -4.48. The number of carbonyl (C=O) groups is 1. The van der Waals surface area contributed by atoms with Crippen molar-refractivity contribution < 1.29 is 27.1 Å². The molecular weight excluding hydrogens is 311 g/mol.